The van der Waals surface area contributed by atoms with Crippen LogP contribution in [0.15, 0.2) is 89.5 Å². The summed E-state index contributed by atoms with van der Waals surface area (Å²) in [4.78, 5) is 0. The molecule has 2 atom stereocenters. The third kappa shape index (κ3) is 1.37. The van der Waals surface area contributed by atoms with Gasteiger partial charge in [-0.15, -0.1) is 0 Å². The molecular formula is C20H17N3O. The SMILES string of the molecule is CC1=NN(c2ccc(N)cc2)C23C=CC=CC24C=COC4=CC=C13. The molecule has 0 aromatic heterocycles. The minimum atomic E-state index is -0.445. The van der Waals surface area contributed by atoms with Gasteiger partial charge in [0.2, 0.25) is 0 Å². The molecule has 4 aliphatic rings. The van der Waals surface area contributed by atoms with E-state index in [-0.39, 0.29) is 5.41 Å². The molecule has 0 saturated heterocycles. The van der Waals surface area contributed by atoms with E-state index >= 15 is 0 Å². The monoisotopic (exact) mass is 315 g/mol. The van der Waals surface area contributed by atoms with E-state index in [9.17, 15) is 0 Å². The maximum Gasteiger partial charge on any atom is 0.128 e. The molecule has 2 heterocycles. The molecule has 0 fully saturated rings. The number of benzene rings is 1. The van der Waals surface area contributed by atoms with Crippen molar-refractivity contribution in [2.75, 3.05) is 10.7 Å². The topological polar surface area (TPSA) is 50.8 Å². The van der Waals surface area contributed by atoms with Gasteiger partial charge in [-0.2, -0.15) is 5.10 Å². The zero-order valence-electron chi connectivity index (χ0n) is 13.3. The molecule has 2 aliphatic carbocycles. The Hall–Kier alpha value is -3.01. The molecule has 0 bridgehead atoms. The Kier molecular flexibility index (Phi) is 2.40. The zero-order chi connectivity index (χ0) is 16.4. The number of nitrogens with zero attached hydrogens (tertiary/aromatic N) is 2. The molecule has 0 amide bonds. The molecule has 2 unspecified atom stereocenters. The van der Waals surface area contributed by atoms with Gasteiger partial charge in [0.25, 0.3) is 0 Å². The average Bonchev–Trinajstić information content (AvgIpc) is 3.13. The Balaban J connectivity index is 1.79. The van der Waals surface area contributed by atoms with Crippen LogP contribution >= 0.6 is 0 Å². The Bertz CT molecular complexity index is 917. The van der Waals surface area contributed by atoms with E-state index in [1.165, 1.54) is 5.57 Å². The lowest BCUT2D eigenvalue weighted by Crippen LogP contribution is -2.57. The average molecular weight is 315 g/mol. The highest BCUT2D eigenvalue weighted by Gasteiger charge is 2.63. The number of allylic oxidation sites excluding steroid dienone is 4. The van der Waals surface area contributed by atoms with Crippen LogP contribution in [0.3, 0.4) is 0 Å². The molecule has 118 valence electrons. The largest absolute Gasteiger partial charge is 0.468 e. The number of rotatable bonds is 1. The van der Waals surface area contributed by atoms with E-state index in [0.717, 1.165) is 22.8 Å². The van der Waals surface area contributed by atoms with Crippen LogP contribution in [-0.2, 0) is 4.74 Å². The summed E-state index contributed by atoms with van der Waals surface area (Å²) in [6, 6.07) is 7.85. The molecule has 0 radical (unpaired) electrons. The van der Waals surface area contributed by atoms with E-state index in [1.807, 2.05) is 24.3 Å². The second kappa shape index (κ2) is 4.29. The summed E-state index contributed by atoms with van der Waals surface area (Å²) in [5.74, 6) is 0.928. The third-order valence-corrected chi connectivity index (χ3v) is 5.30. The highest BCUT2D eigenvalue weighted by atomic mass is 16.5. The van der Waals surface area contributed by atoms with Gasteiger partial charge < -0.3 is 10.5 Å². The Morgan fingerprint density at radius 2 is 1.83 bits per heavy atom. The summed E-state index contributed by atoms with van der Waals surface area (Å²) in [6.45, 7) is 2.06. The van der Waals surface area contributed by atoms with E-state index < -0.39 is 5.54 Å². The first-order valence-corrected chi connectivity index (χ1v) is 8.03. The normalized spacial score (nSPS) is 31.7. The summed E-state index contributed by atoms with van der Waals surface area (Å²) < 4.78 is 5.81. The predicted molar refractivity (Wildman–Crippen MR) is 96.3 cm³/mol. The maximum atomic E-state index is 5.87. The fraction of sp³-hybridized carbons (Fsp3) is 0.150. The molecule has 2 N–H and O–H groups in total. The van der Waals surface area contributed by atoms with E-state index in [2.05, 4.69) is 54.5 Å². The molecule has 1 aromatic carbocycles. The van der Waals surface area contributed by atoms with Gasteiger partial charge >= 0.3 is 0 Å². The third-order valence-electron chi connectivity index (χ3n) is 5.30. The molecular weight excluding hydrogens is 298 g/mol. The lowest BCUT2D eigenvalue weighted by Gasteiger charge is -2.49. The van der Waals surface area contributed by atoms with Crippen molar-refractivity contribution in [2.45, 2.75) is 12.5 Å². The van der Waals surface area contributed by atoms with Crippen LogP contribution in [-0.4, -0.2) is 11.3 Å². The fourth-order valence-electron chi connectivity index (χ4n) is 4.21. The number of ether oxygens (including phenoxy) is 1. The quantitative estimate of drug-likeness (QED) is 0.804. The summed E-state index contributed by atoms with van der Waals surface area (Å²) in [5.41, 5.74) is 9.00. The van der Waals surface area contributed by atoms with E-state index in [0.29, 0.717) is 0 Å². The summed E-state index contributed by atoms with van der Waals surface area (Å²) in [6.07, 6.45) is 16.7. The van der Waals surface area contributed by atoms with E-state index in [1.54, 1.807) is 6.26 Å². The fourth-order valence-corrected chi connectivity index (χ4v) is 4.21. The zero-order valence-corrected chi connectivity index (χ0v) is 13.3. The first-order chi connectivity index (χ1) is 11.7. The lowest BCUT2D eigenvalue weighted by atomic mass is 9.60. The number of hydrazone groups is 1. The molecule has 24 heavy (non-hydrogen) atoms. The van der Waals surface area contributed by atoms with Crippen LogP contribution in [0.5, 0.6) is 0 Å². The molecule has 4 heteroatoms. The minimum absolute atomic E-state index is 0.380. The van der Waals surface area contributed by atoms with Gasteiger partial charge in [0, 0.05) is 11.3 Å². The summed E-state index contributed by atoms with van der Waals surface area (Å²) >= 11 is 0. The van der Waals surface area contributed by atoms with Gasteiger partial charge in [0.1, 0.15) is 16.7 Å². The summed E-state index contributed by atoms with van der Waals surface area (Å²) in [5, 5.41) is 6.99. The van der Waals surface area contributed by atoms with Crippen molar-refractivity contribution in [3.05, 3.63) is 84.4 Å². The standard InChI is InChI=1S/C20H17N3O/c1-14-17-8-9-18-19(12-13-24-18)10-2-3-11-20(17,19)23(22-14)16-6-4-15(21)5-7-16/h2-13H,21H2,1H3. The maximum absolute atomic E-state index is 5.87. The van der Waals surface area contributed by atoms with Crippen LogP contribution in [0, 0.1) is 5.41 Å². The van der Waals surface area contributed by atoms with Crippen molar-refractivity contribution in [3.63, 3.8) is 0 Å². The number of hydrogen-bond donors (Lipinski definition) is 1. The summed E-state index contributed by atoms with van der Waals surface area (Å²) in [7, 11) is 0. The number of anilines is 2. The second-order valence-corrected chi connectivity index (χ2v) is 6.47. The molecule has 4 nitrogen and oxygen atoms in total. The second-order valence-electron chi connectivity index (χ2n) is 6.47. The molecule has 5 rings (SSSR count). The van der Waals surface area contributed by atoms with Crippen molar-refractivity contribution in [3.8, 4) is 0 Å². The van der Waals surface area contributed by atoms with Gasteiger partial charge in [-0.3, -0.25) is 0 Å². The highest BCUT2D eigenvalue weighted by Crippen LogP contribution is 2.59. The Labute approximate surface area is 140 Å². The highest BCUT2D eigenvalue weighted by molar-refractivity contribution is 6.06. The van der Waals surface area contributed by atoms with Crippen molar-refractivity contribution >= 4 is 17.1 Å². The van der Waals surface area contributed by atoms with Crippen molar-refractivity contribution in [2.24, 2.45) is 10.5 Å². The molecule has 2 aliphatic heterocycles. The van der Waals surface area contributed by atoms with Crippen LogP contribution in [0.2, 0.25) is 0 Å². The number of nitrogen functional groups attached to an aromatic ring is 1. The van der Waals surface area contributed by atoms with Gasteiger partial charge in [-0.1, -0.05) is 30.4 Å². The van der Waals surface area contributed by atoms with Crippen molar-refractivity contribution in [1.29, 1.82) is 0 Å². The smallest absolute Gasteiger partial charge is 0.128 e. The Morgan fingerprint density at radius 1 is 1.04 bits per heavy atom. The minimum Gasteiger partial charge on any atom is -0.468 e. The molecule has 1 aromatic rings. The van der Waals surface area contributed by atoms with Crippen LogP contribution < -0.4 is 10.7 Å². The number of nitrogens with two attached hydrogens (primary N) is 1. The number of hydrogen-bond acceptors (Lipinski definition) is 4. The van der Waals surface area contributed by atoms with E-state index in [4.69, 9.17) is 15.6 Å². The van der Waals surface area contributed by atoms with Gasteiger partial charge in [0.05, 0.1) is 17.7 Å². The lowest BCUT2D eigenvalue weighted by molar-refractivity contribution is 0.264. The molecule has 2 spiro atoms. The van der Waals surface area contributed by atoms with Gasteiger partial charge in [0.15, 0.2) is 0 Å². The van der Waals surface area contributed by atoms with Gasteiger partial charge in [-0.25, -0.2) is 5.01 Å². The predicted octanol–water partition coefficient (Wildman–Crippen LogP) is 3.68. The van der Waals surface area contributed by atoms with Crippen molar-refractivity contribution in [1.82, 2.24) is 0 Å². The Morgan fingerprint density at radius 3 is 2.67 bits per heavy atom. The molecule has 0 saturated carbocycles. The van der Waals surface area contributed by atoms with Gasteiger partial charge in [-0.05, 0) is 43.3 Å². The van der Waals surface area contributed by atoms with Crippen molar-refractivity contribution < 1.29 is 4.74 Å². The van der Waals surface area contributed by atoms with Crippen LogP contribution in [0.1, 0.15) is 6.92 Å². The van der Waals surface area contributed by atoms with Crippen LogP contribution in [0.4, 0.5) is 11.4 Å². The van der Waals surface area contributed by atoms with Crippen LogP contribution in [0.25, 0.3) is 0 Å². The first kappa shape index (κ1) is 13.4. The first-order valence-electron chi connectivity index (χ1n) is 8.03.